The van der Waals surface area contributed by atoms with Gasteiger partial charge in [-0.3, -0.25) is 0 Å². The molecule has 0 heterocycles. The van der Waals surface area contributed by atoms with E-state index in [1.165, 1.54) is 241 Å². The summed E-state index contributed by atoms with van der Waals surface area (Å²) >= 11 is 0. The molecule has 576 valence electrons. The second-order valence-corrected chi connectivity index (χ2v) is 32.6. The molecular formula is C124H80. The van der Waals surface area contributed by atoms with E-state index in [1.807, 2.05) is 0 Å². The fraction of sp³-hybridized carbons (Fsp3) is 0. The zero-order valence-corrected chi connectivity index (χ0v) is 68.2. The normalized spacial score (nSPS) is 11.5. The number of rotatable bonds is 12. The van der Waals surface area contributed by atoms with Gasteiger partial charge in [0.1, 0.15) is 0 Å². The van der Waals surface area contributed by atoms with Crippen molar-refractivity contribution in [1.29, 1.82) is 0 Å². The first-order valence-electron chi connectivity index (χ1n) is 43.0. The van der Waals surface area contributed by atoms with Crippen molar-refractivity contribution in [2.24, 2.45) is 0 Å². The lowest BCUT2D eigenvalue weighted by Gasteiger charge is -2.21. The van der Waals surface area contributed by atoms with Gasteiger partial charge in [0.15, 0.2) is 0 Å². The molecule has 0 radical (unpaired) electrons. The van der Waals surface area contributed by atoms with E-state index in [4.69, 9.17) is 0 Å². The van der Waals surface area contributed by atoms with Crippen molar-refractivity contribution >= 4 is 108 Å². The Bertz CT molecular complexity index is 7760. The van der Waals surface area contributed by atoms with Gasteiger partial charge in [-0.05, 0) is 266 Å². The lowest BCUT2D eigenvalue weighted by atomic mass is 9.82. The van der Waals surface area contributed by atoms with E-state index in [9.17, 15) is 0 Å². The van der Waals surface area contributed by atoms with Crippen LogP contribution in [0.2, 0.25) is 0 Å². The molecule has 24 aromatic rings. The minimum atomic E-state index is 1.19. The summed E-state index contributed by atoms with van der Waals surface area (Å²) in [6, 6.07) is 179. The maximum atomic E-state index is 2.46. The minimum Gasteiger partial charge on any atom is -0.0622 e. The molecular weight excluding hydrogens is 1490 g/mol. The molecule has 0 nitrogen and oxygen atoms in total. The molecule has 0 aliphatic heterocycles. The van der Waals surface area contributed by atoms with E-state index >= 15 is 0 Å². The maximum Gasteiger partial charge on any atom is -0.00199 e. The van der Waals surface area contributed by atoms with Crippen LogP contribution in [0.25, 0.3) is 241 Å². The number of benzene rings is 24. The van der Waals surface area contributed by atoms with Crippen molar-refractivity contribution in [2.75, 3.05) is 0 Å². The van der Waals surface area contributed by atoms with E-state index in [0.29, 0.717) is 0 Å². The SMILES string of the molecule is c1ccc(-c2c3ccccc3c(-c3cccc4ccccc34)c3cc(-c4ccc5c(-c6ccccc6)c6ccccc6c(-c6cccc7ccccc67)c5c4)ccc23)cc1.c1ccc(-c2ccc(-c3c4ccccc4c(-c4ccccc4)c4ccc(-c5ccc6c(-c7ccccc7)c7ccccc7c(-c7ccc(-c8ccccc8)cc7)c6c5)cc34)cc2)cc1. The number of hydrogen-bond acceptors (Lipinski definition) is 0. The third-order valence-electron chi connectivity index (χ3n) is 25.7. The molecule has 124 heavy (non-hydrogen) atoms. The lowest BCUT2D eigenvalue weighted by molar-refractivity contribution is 1.60. The summed E-state index contributed by atoms with van der Waals surface area (Å²) < 4.78 is 0. The first kappa shape index (κ1) is 73.1. The Labute approximate surface area is 721 Å². The Morgan fingerprint density at radius 3 is 0.508 bits per heavy atom. The molecule has 0 unspecified atom stereocenters. The summed E-state index contributed by atoms with van der Waals surface area (Å²) in [4.78, 5) is 0. The standard InChI is InChI=1S/C64H42.C60H38/c1-5-17-43(18-6-1)45-29-33-49(34-30-45)63-55-27-15-13-25-53(55)61(47-21-9-3-10-22-47)57-39-37-51(41-59(57)63)52-38-40-58-60(42-52)64(50-35-31-46(32-36-50)44-19-7-2-8-20-44)56-28-16-14-26-54(56)62(58)48-23-11-4-12-24-48;1-3-19-41(20-4-1)57-49-27-11-13-29-51(49)59(47-31-15-23-39-17-7-9-25-45(39)47)55-37-43(33-35-53(55)57)44-34-36-54-56(38-44)60(48-32-16-24-40-18-8-10-26-46(40)48)52-30-14-12-28-50(52)58(54)42-21-5-2-6-22-42/h1-42H;1-38H. The Balaban J connectivity index is 0.000000144. The van der Waals surface area contributed by atoms with Gasteiger partial charge >= 0.3 is 0 Å². The predicted molar refractivity (Wildman–Crippen MR) is 533 cm³/mol. The smallest absolute Gasteiger partial charge is 0.00199 e. The largest absolute Gasteiger partial charge is 0.0622 e. The molecule has 0 spiro atoms. The van der Waals surface area contributed by atoms with Gasteiger partial charge in [0.2, 0.25) is 0 Å². The summed E-state index contributed by atoms with van der Waals surface area (Å²) in [6.07, 6.45) is 0. The molecule has 0 aliphatic carbocycles. The zero-order valence-electron chi connectivity index (χ0n) is 68.2. The first-order chi connectivity index (χ1) is 61.6. The van der Waals surface area contributed by atoms with Gasteiger partial charge in [0.05, 0.1) is 0 Å². The quantitative estimate of drug-likeness (QED) is 0.107. The number of hydrogen-bond donors (Lipinski definition) is 0. The topological polar surface area (TPSA) is 0 Å². The Morgan fingerprint density at radius 1 is 0.0806 bits per heavy atom. The van der Waals surface area contributed by atoms with Crippen LogP contribution in [0.4, 0.5) is 0 Å². The Kier molecular flexibility index (Phi) is 18.4. The van der Waals surface area contributed by atoms with Crippen LogP contribution in [0.15, 0.2) is 485 Å². The van der Waals surface area contributed by atoms with Crippen LogP contribution in [0.1, 0.15) is 0 Å². The highest BCUT2D eigenvalue weighted by Crippen LogP contribution is 2.53. The van der Waals surface area contributed by atoms with E-state index < -0.39 is 0 Å². The summed E-state index contributed by atoms with van der Waals surface area (Å²) in [5.74, 6) is 0. The molecule has 0 N–H and O–H groups in total. The fourth-order valence-corrected chi connectivity index (χ4v) is 20.1. The van der Waals surface area contributed by atoms with E-state index in [0.717, 1.165) is 0 Å². The number of fused-ring (bicyclic) bond motifs is 10. The highest BCUT2D eigenvalue weighted by Gasteiger charge is 2.25. The van der Waals surface area contributed by atoms with Crippen molar-refractivity contribution in [1.82, 2.24) is 0 Å². The van der Waals surface area contributed by atoms with Crippen LogP contribution >= 0.6 is 0 Å². The second-order valence-electron chi connectivity index (χ2n) is 32.6. The molecule has 0 aromatic heterocycles. The summed E-state index contributed by atoms with van der Waals surface area (Å²) in [6.45, 7) is 0. The van der Waals surface area contributed by atoms with Gasteiger partial charge in [-0.2, -0.15) is 0 Å². The highest BCUT2D eigenvalue weighted by molar-refractivity contribution is 6.28. The molecule has 0 fully saturated rings. The fourth-order valence-electron chi connectivity index (χ4n) is 20.1. The first-order valence-corrected chi connectivity index (χ1v) is 43.0. The molecule has 0 heteroatoms. The van der Waals surface area contributed by atoms with Crippen molar-refractivity contribution in [2.45, 2.75) is 0 Å². The van der Waals surface area contributed by atoms with Gasteiger partial charge in [0, 0.05) is 0 Å². The van der Waals surface area contributed by atoms with Gasteiger partial charge < -0.3 is 0 Å². The van der Waals surface area contributed by atoms with Gasteiger partial charge in [0.25, 0.3) is 0 Å². The van der Waals surface area contributed by atoms with E-state index in [-0.39, 0.29) is 0 Å². The maximum absolute atomic E-state index is 2.46. The van der Waals surface area contributed by atoms with Crippen molar-refractivity contribution in [3.63, 3.8) is 0 Å². The molecule has 24 rings (SSSR count). The van der Waals surface area contributed by atoms with Crippen molar-refractivity contribution in [3.8, 4) is 134 Å². The molecule has 0 aliphatic rings. The lowest BCUT2D eigenvalue weighted by Crippen LogP contribution is -1.93. The van der Waals surface area contributed by atoms with Crippen LogP contribution in [0.3, 0.4) is 0 Å². The average Bonchev–Trinajstić information content (AvgIpc) is 0.750. The molecule has 0 bridgehead atoms. The van der Waals surface area contributed by atoms with Crippen LogP contribution in [-0.4, -0.2) is 0 Å². The van der Waals surface area contributed by atoms with Crippen LogP contribution in [0.5, 0.6) is 0 Å². The van der Waals surface area contributed by atoms with Gasteiger partial charge in [-0.15, -0.1) is 0 Å². The molecule has 0 saturated heterocycles. The van der Waals surface area contributed by atoms with E-state index in [2.05, 4.69) is 485 Å². The summed E-state index contributed by atoms with van der Waals surface area (Å²) in [5.41, 5.74) is 29.5. The van der Waals surface area contributed by atoms with Crippen LogP contribution < -0.4 is 0 Å². The summed E-state index contributed by atoms with van der Waals surface area (Å²) in [5, 5.41) is 25.0. The molecule has 24 aromatic carbocycles. The third kappa shape index (κ3) is 12.8. The van der Waals surface area contributed by atoms with Gasteiger partial charge in [-0.1, -0.05) is 461 Å². The van der Waals surface area contributed by atoms with Gasteiger partial charge in [-0.25, -0.2) is 0 Å². The summed E-state index contributed by atoms with van der Waals surface area (Å²) in [7, 11) is 0. The third-order valence-corrected chi connectivity index (χ3v) is 25.7. The Hall–Kier alpha value is -16.1. The average molecular weight is 1570 g/mol. The molecule has 0 saturated carbocycles. The molecule has 0 atom stereocenters. The highest BCUT2D eigenvalue weighted by atomic mass is 14.3. The minimum absolute atomic E-state index is 1.19. The zero-order chi connectivity index (χ0) is 82.0. The van der Waals surface area contributed by atoms with Crippen molar-refractivity contribution in [3.05, 3.63) is 485 Å². The van der Waals surface area contributed by atoms with E-state index in [1.54, 1.807) is 0 Å². The van der Waals surface area contributed by atoms with Crippen molar-refractivity contribution < 1.29 is 0 Å². The Morgan fingerprint density at radius 2 is 0.242 bits per heavy atom. The second kappa shape index (κ2) is 31.2. The molecule has 0 amide bonds. The monoisotopic (exact) mass is 1570 g/mol. The van der Waals surface area contributed by atoms with Crippen LogP contribution in [-0.2, 0) is 0 Å². The van der Waals surface area contributed by atoms with Crippen LogP contribution in [0, 0.1) is 0 Å². The predicted octanol–water partition coefficient (Wildman–Crippen LogP) is 34.9.